The molecule has 0 aliphatic carbocycles. The number of amides is 1. The summed E-state index contributed by atoms with van der Waals surface area (Å²) >= 11 is 0. The molecular formula is C19H22N2O3. The van der Waals surface area contributed by atoms with Crippen molar-refractivity contribution in [3.05, 3.63) is 48.5 Å². The summed E-state index contributed by atoms with van der Waals surface area (Å²) in [7, 11) is 1.63. The molecule has 1 heterocycles. The normalized spacial score (nSPS) is 16.8. The molecule has 0 aromatic heterocycles. The lowest BCUT2D eigenvalue weighted by Crippen LogP contribution is -2.38. The van der Waals surface area contributed by atoms with Crippen molar-refractivity contribution in [2.45, 2.75) is 6.92 Å². The van der Waals surface area contributed by atoms with E-state index >= 15 is 0 Å². The third-order valence-corrected chi connectivity index (χ3v) is 4.12. The van der Waals surface area contributed by atoms with Gasteiger partial charge in [-0.05, 0) is 36.4 Å². The molecule has 1 aliphatic rings. The van der Waals surface area contributed by atoms with Gasteiger partial charge in [0.15, 0.2) is 0 Å². The summed E-state index contributed by atoms with van der Waals surface area (Å²) in [5, 5.41) is 3.34. The van der Waals surface area contributed by atoms with Crippen LogP contribution in [0.1, 0.15) is 6.92 Å². The molecule has 1 amide bonds. The molecule has 0 spiro atoms. The van der Waals surface area contributed by atoms with Crippen molar-refractivity contribution < 1.29 is 14.3 Å². The van der Waals surface area contributed by atoms with Crippen molar-refractivity contribution in [1.82, 2.24) is 0 Å². The van der Waals surface area contributed by atoms with Crippen molar-refractivity contribution in [3.8, 4) is 11.5 Å². The molecule has 2 aromatic carbocycles. The number of ether oxygens (including phenoxy) is 2. The van der Waals surface area contributed by atoms with E-state index in [-0.39, 0.29) is 11.8 Å². The molecule has 2 aromatic rings. The Morgan fingerprint density at radius 2 is 1.83 bits per heavy atom. The van der Waals surface area contributed by atoms with Crippen LogP contribution in [0, 0.1) is 5.92 Å². The van der Waals surface area contributed by atoms with Crippen LogP contribution >= 0.6 is 0 Å². The third-order valence-electron chi connectivity index (χ3n) is 4.12. The average molecular weight is 326 g/mol. The largest absolute Gasteiger partial charge is 0.497 e. The first-order valence-corrected chi connectivity index (χ1v) is 8.10. The van der Waals surface area contributed by atoms with E-state index in [1.54, 1.807) is 7.11 Å². The van der Waals surface area contributed by atoms with Crippen molar-refractivity contribution in [2.75, 3.05) is 37.0 Å². The summed E-state index contributed by atoms with van der Waals surface area (Å²) in [5.74, 6) is 1.60. The van der Waals surface area contributed by atoms with Crippen LogP contribution < -0.4 is 19.7 Å². The lowest BCUT2D eigenvalue weighted by Gasteiger charge is -2.24. The number of anilines is 2. The Morgan fingerprint density at radius 3 is 2.58 bits per heavy atom. The Bertz CT molecular complexity index is 700. The van der Waals surface area contributed by atoms with Gasteiger partial charge in [0.05, 0.1) is 30.9 Å². The predicted molar refractivity (Wildman–Crippen MR) is 94.9 cm³/mol. The van der Waals surface area contributed by atoms with Crippen molar-refractivity contribution >= 4 is 17.3 Å². The van der Waals surface area contributed by atoms with Crippen LogP contribution in [-0.4, -0.2) is 32.7 Å². The Morgan fingerprint density at radius 1 is 1.12 bits per heavy atom. The minimum atomic E-state index is -0.0709. The van der Waals surface area contributed by atoms with Gasteiger partial charge < -0.3 is 19.7 Å². The van der Waals surface area contributed by atoms with Crippen LogP contribution in [0.3, 0.4) is 0 Å². The molecule has 1 aliphatic heterocycles. The van der Waals surface area contributed by atoms with Crippen LogP contribution in [-0.2, 0) is 4.79 Å². The highest BCUT2D eigenvalue weighted by molar-refractivity contribution is 5.99. The fraction of sp³-hybridized carbons (Fsp3) is 0.316. The summed E-state index contributed by atoms with van der Waals surface area (Å²) in [6.45, 7) is 3.53. The fourth-order valence-corrected chi connectivity index (χ4v) is 2.75. The fourth-order valence-electron chi connectivity index (χ4n) is 2.75. The monoisotopic (exact) mass is 326 g/mol. The highest BCUT2D eigenvalue weighted by atomic mass is 16.5. The van der Waals surface area contributed by atoms with E-state index in [0.717, 1.165) is 22.9 Å². The number of nitrogens with zero attached hydrogens (tertiary/aromatic N) is 1. The van der Waals surface area contributed by atoms with Gasteiger partial charge >= 0.3 is 0 Å². The molecule has 0 saturated heterocycles. The number of methoxy groups -OCH3 is 1. The molecule has 0 unspecified atom stereocenters. The highest BCUT2D eigenvalue weighted by Gasteiger charge is 2.26. The molecule has 0 saturated carbocycles. The molecule has 5 nitrogen and oxygen atoms in total. The maximum atomic E-state index is 12.6. The zero-order valence-electron chi connectivity index (χ0n) is 14.0. The van der Waals surface area contributed by atoms with E-state index in [0.29, 0.717) is 19.7 Å². The third kappa shape index (κ3) is 3.45. The Kier molecular flexibility index (Phi) is 4.89. The van der Waals surface area contributed by atoms with Crippen molar-refractivity contribution in [3.63, 3.8) is 0 Å². The van der Waals surface area contributed by atoms with Gasteiger partial charge in [-0.25, -0.2) is 0 Å². The summed E-state index contributed by atoms with van der Waals surface area (Å²) in [5.41, 5.74) is 1.89. The lowest BCUT2D eigenvalue weighted by molar-refractivity contribution is -0.121. The number of hydrogen-bond donors (Lipinski definition) is 1. The minimum Gasteiger partial charge on any atom is -0.497 e. The van der Waals surface area contributed by atoms with E-state index in [2.05, 4.69) is 5.32 Å². The van der Waals surface area contributed by atoms with Gasteiger partial charge in [0.25, 0.3) is 0 Å². The van der Waals surface area contributed by atoms with Gasteiger partial charge in [0.2, 0.25) is 5.91 Å². The van der Waals surface area contributed by atoms with Gasteiger partial charge in [-0.2, -0.15) is 0 Å². The zero-order chi connectivity index (χ0) is 16.9. The number of benzene rings is 2. The second-order valence-electron chi connectivity index (χ2n) is 5.81. The maximum absolute atomic E-state index is 12.6. The standard InChI is InChI=1S/C19H22N2O3/c1-14-13-20-17-5-3-4-6-18(17)21(19(14)22)11-12-24-16-9-7-15(23-2)8-10-16/h3-10,14,20H,11-13H2,1-2H3/t14-/m0/s1. The predicted octanol–water partition coefficient (Wildman–Crippen LogP) is 3.17. The molecule has 3 rings (SSSR count). The Labute approximate surface area is 142 Å². The first-order chi connectivity index (χ1) is 11.7. The Hall–Kier alpha value is -2.69. The van der Waals surface area contributed by atoms with Crippen molar-refractivity contribution in [1.29, 1.82) is 0 Å². The molecule has 1 N–H and O–H groups in total. The quantitative estimate of drug-likeness (QED) is 0.917. The average Bonchev–Trinajstić information content (AvgIpc) is 2.74. The summed E-state index contributed by atoms with van der Waals surface area (Å²) in [4.78, 5) is 14.5. The van der Waals surface area contributed by atoms with Gasteiger partial charge in [-0.15, -0.1) is 0 Å². The lowest BCUT2D eigenvalue weighted by atomic mass is 10.1. The second-order valence-corrected chi connectivity index (χ2v) is 5.81. The van der Waals surface area contributed by atoms with Gasteiger partial charge in [-0.1, -0.05) is 19.1 Å². The summed E-state index contributed by atoms with van der Waals surface area (Å²) in [6.07, 6.45) is 0. The summed E-state index contributed by atoms with van der Waals surface area (Å²) < 4.78 is 10.9. The zero-order valence-corrected chi connectivity index (χ0v) is 14.0. The second kappa shape index (κ2) is 7.25. The molecule has 0 radical (unpaired) electrons. The number of nitrogens with one attached hydrogen (secondary N) is 1. The number of rotatable bonds is 5. The number of hydrogen-bond acceptors (Lipinski definition) is 4. The SMILES string of the molecule is COc1ccc(OCCN2C(=O)[C@@H](C)CNc3ccccc32)cc1. The number of carbonyl (C=O) groups excluding carboxylic acids is 1. The van der Waals surface area contributed by atoms with Crippen LogP contribution in [0.4, 0.5) is 11.4 Å². The number of carbonyl (C=O) groups is 1. The number of fused-ring (bicyclic) bond motifs is 1. The van der Waals surface area contributed by atoms with E-state index in [9.17, 15) is 4.79 Å². The topological polar surface area (TPSA) is 50.8 Å². The number of para-hydroxylation sites is 2. The molecule has 126 valence electrons. The van der Waals surface area contributed by atoms with Crippen LogP contribution in [0.15, 0.2) is 48.5 Å². The van der Waals surface area contributed by atoms with Gasteiger partial charge in [0.1, 0.15) is 18.1 Å². The van der Waals surface area contributed by atoms with Crippen LogP contribution in [0.25, 0.3) is 0 Å². The first-order valence-electron chi connectivity index (χ1n) is 8.10. The van der Waals surface area contributed by atoms with Gasteiger partial charge in [-0.3, -0.25) is 4.79 Å². The first kappa shape index (κ1) is 16.2. The van der Waals surface area contributed by atoms with E-state index in [1.807, 2.05) is 60.4 Å². The Balaban J connectivity index is 1.69. The summed E-state index contributed by atoms with van der Waals surface area (Å²) in [6, 6.07) is 15.3. The highest BCUT2D eigenvalue weighted by Crippen LogP contribution is 2.29. The molecule has 0 fully saturated rings. The molecule has 24 heavy (non-hydrogen) atoms. The van der Waals surface area contributed by atoms with Crippen LogP contribution in [0.5, 0.6) is 11.5 Å². The van der Waals surface area contributed by atoms with E-state index in [4.69, 9.17) is 9.47 Å². The van der Waals surface area contributed by atoms with Crippen molar-refractivity contribution in [2.24, 2.45) is 5.92 Å². The molecule has 1 atom stereocenters. The van der Waals surface area contributed by atoms with E-state index in [1.165, 1.54) is 0 Å². The molecule has 5 heteroatoms. The molecule has 0 bridgehead atoms. The van der Waals surface area contributed by atoms with E-state index < -0.39 is 0 Å². The smallest absolute Gasteiger partial charge is 0.231 e. The molecular weight excluding hydrogens is 304 g/mol. The van der Waals surface area contributed by atoms with Crippen LogP contribution in [0.2, 0.25) is 0 Å². The maximum Gasteiger partial charge on any atom is 0.231 e. The minimum absolute atomic E-state index is 0.0709. The van der Waals surface area contributed by atoms with Gasteiger partial charge in [0, 0.05) is 6.54 Å².